The summed E-state index contributed by atoms with van der Waals surface area (Å²) in [6.07, 6.45) is 17.4. The van der Waals surface area contributed by atoms with Crippen molar-refractivity contribution in [1.82, 2.24) is 0 Å². The van der Waals surface area contributed by atoms with Gasteiger partial charge in [-0.25, -0.2) is 0 Å². The second kappa shape index (κ2) is 15.4. The lowest BCUT2D eigenvalue weighted by Gasteiger charge is -2.04. The monoisotopic (exact) mass is 510 g/mol. The third kappa shape index (κ3) is 8.00. The lowest BCUT2D eigenvalue weighted by atomic mass is 9.98. The predicted molar refractivity (Wildman–Crippen MR) is 161 cm³/mol. The van der Waals surface area contributed by atoms with Gasteiger partial charge in [-0.2, -0.15) is 0 Å². The summed E-state index contributed by atoms with van der Waals surface area (Å²) in [5.41, 5.74) is 4.53. The van der Waals surface area contributed by atoms with Gasteiger partial charge in [0.05, 0.1) is 0 Å². The van der Waals surface area contributed by atoms with E-state index in [-0.39, 0.29) is 0 Å². The van der Waals surface area contributed by atoms with Crippen LogP contribution in [-0.4, -0.2) is 0 Å². The Hall–Kier alpha value is -3.00. The highest BCUT2D eigenvalue weighted by molar-refractivity contribution is 5.88. The molecule has 0 aliphatic carbocycles. The molecule has 0 amide bonds. The van der Waals surface area contributed by atoms with Crippen LogP contribution in [0.15, 0.2) is 81.6 Å². The molecule has 2 heteroatoms. The molecule has 202 valence electrons. The minimum absolute atomic E-state index is 0.954. The van der Waals surface area contributed by atoms with Gasteiger partial charge in [0.1, 0.15) is 23.0 Å². The summed E-state index contributed by atoms with van der Waals surface area (Å²) in [5, 5.41) is 0. The van der Waals surface area contributed by atoms with Crippen LogP contribution in [0.5, 0.6) is 0 Å². The van der Waals surface area contributed by atoms with E-state index in [4.69, 9.17) is 8.83 Å². The normalized spacial score (nSPS) is 11.3. The summed E-state index contributed by atoms with van der Waals surface area (Å²) in [6, 6.07) is 25.6. The number of hydrogen-bond donors (Lipinski definition) is 0. The van der Waals surface area contributed by atoms with Gasteiger partial charge in [-0.15, -0.1) is 0 Å². The van der Waals surface area contributed by atoms with Gasteiger partial charge in [-0.05, 0) is 25.0 Å². The largest absolute Gasteiger partial charge is 0.460 e. The lowest BCUT2D eigenvalue weighted by Crippen LogP contribution is -1.84. The Bertz CT molecular complexity index is 1090. The topological polar surface area (TPSA) is 26.3 Å². The summed E-state index contributed by atoms with van der Waals surface area (Å²) in [6.45, 7) is 4.54. The first-order valence-electron chi connectivity index (χ1n) is 15.2. The summed E-state index contributed by atoms with van der Waals surface area (Å²) < 4.78 is 13.2. The van der Waals surface area contributed by atoms with Crippen LogP contribution in [0, 0.1) is 0 Å². The standard InChI is InChI=1S/C36H46O2/c1-3-5-7-9-11-19-25-31-27-33(35(37-31)29-21-15-13-16-22-29)34-28-32(26-20-12-10-8-6-4-2)38-36(34)30-23-17-14-18-24-30/h13-18,21-24,27-28H,3-12,19-20,25-26H2,1-2H3. The number of hydrogen-bond acceptors (Lipinski definition) is 2. The average molecular weight is 511 g/mol. The zero-order valence-electron chi connectivity index (χ0n) is 23.6. The molecular formula is C36H46O2. The van der Waals surface area contributed by atoms with Crippen molar-refractivity contribution in [2.24, 2.45) is 0 Å². The van der Waals surface area contributed by atoms with Crippen molar-refractivity contribution in [3.8, 4) is 33.8 Å². The Morgan fingerprint density at radius 3 is 1.21 bits per heavy atom. The summed E-state index contributed by atoms with van der Waals surface area (Å²) in [5.74, 6) is 4.06. The molecule has 4 aromatic rings. The van der Waals surface area contributed by atoms with Crippen molar-refractivity contribution >= 4 is 0 Å². The third-order valence-electron chi connectivity index (χ3n) is 7.48. The highest BCUT2D eigenvalue weighted by atomic mass is 16.3. The summed E-state index contributed by atoms with van der Waals surface area (Å²) in [4.78, 5) is 0. The first kappa shape index (κ1) is 28.0. The molecule has 0 fully saturated rings. The zero-order chi connectivity index (χ0) is 26.4. The molecular weight excluding hydrogens is 464 g/mol. The van der Waals surface area contributed by atoms with Crippen LogP contribution in [0.3, 0.4) is 0 Å². The van der Waals surface area contributed by atoms with Crippen molar-refractivity contribution in [3.63, 3.8) is 0 Å². The molecule has 0 saturated carbocycles. The van der Waals surface area contributed by atoms with E-state index in [9.17, 15) is 0 Å². The minimum atomic E-state index is 0.954. The van der Waals surface area contributed by atoms with Gasteiger partial charge < -0.3 is 8.83 Å². The van der Waals surface area contributed by atoms with E-state index < -0.39 is 0 Å². The summed E-state index contributed by atoms with van der Waals surface area (Å²) >= 11 is 0. The van der Waals surface area contributed by atoms with E-state index in [2.05, 4.69) is 86.6 Å². The first-order valence-corrected chi connectivity index (χ1v) is 15.2. The molecule has 38 heavy (non-hydrogen) atoms. The van der Waals surface area contributed by atoms with Gasteiger partial charge in [0.15, 0.2) is 0 Å². The maximum absolute atomic E-state index is 6.58. The highest BCUT2D eigenvalue weighted by Gasteiger charge is 2.22. The van der Waals surface area contributed by atoms with E-state index in [0.29, 0.717) is 0 Å². The van der Waals surface area contributed by atoms with E-state index in [1.807, 2.05) is 0 Å². The number of unbranched alkanes of at least 4 members (excludes halogenated alkanes) is 10. The van der Waals surface area contributed by atoms with Crippen LogP contribution in [0.2, 0.25) is 0 Å². The quantitative estimate of drug-likeness (QED) is 0.132. The Labute approximate surface area is 230 Å². The van der Waals surface area contributed by atoms with Crippen LogP contribution in [-0.2, 0) is 12.8 Å². The molecule has 0 aliphatic rings. The molecule has 2 aromatic carbocycles. The molecule has 0 spiro atoms. The van der Waals surface area contributed by atoms with E-state index >= 15 is 0 Å². The van der Waals surface area contributed by atoms with Crippen molar-refractivity contribution in [2.75, 3.05) is 0 Å². The number of aryl methyl sites for hydroxylation is 2. The SMILES string of the molecule is CCCCCCCCc1cc(-c2cc(CCCCCCCC)oc2-c2ccccc2)c(-c2ccccc2)o1. The van der Waals surface area contributed by atoms with Gasteiger partial charge in [-0.3, -0.25) is 0 Å². The first-order chi connectivity index (χ1) is 18.8. The van der Waals surface area contributed by atoms with Gasteiger partial charge >= 0.3 is 0 Å². The molecule has 4 rings (SSSR count). The second-order valence-corrected chi connectivity index (χ2v) is 10.7. The van der Waals surface area contributed by atoms with Crippen LogP contribution in [0.4, 0.5) is 0 Å². The second-order valence-electron chi connectivity index (χ2n) is 10.7. The van der Waals surface area contributed by atoms with E-state index in [1.165, 1.54) is 77.0 Å². The fourth-order valence-electron chi connectivity index (χ4n) is 5.30. The maximum Gasteiger partial charge on any atom is 0.142 e. The van der Waals surface area contributed by atoms with Gasteiger partial charge in [0.2, 0.25) is 0 Å². The molecule has 0 saturated heterocycles. The van der Waals surface area contributed by atoms with Gasteiger partial charge in [-0.1, -0.05) is 139 Å². The number of furan rings is 2. The van der Waals surface area contributed by atoms with Crippen molar-refractivity contribution in [1.29, 1.82) is 0 Å². The molecule has 0 N–H and O–H groups in total. The van der Waals surface area contributed by atoms with Gasteiger partial charge in [0.25, 0.3) is 0 Å². The maximum atomic E-state index is 6.58. The minimum Gasteiger partial charge on any atom is -0.460 e. The Kier molecular flexibility index (Phi) is 11.4. The van der Waals surface area contributed by atoms with Crippen LogP contribution >= 0.6 is 0 Å². The highest BCUT2D eigenvalue weighted by Crippen LogP contribution is 2.42. The lowest BCUT2D eigenvalue weighted by molar-refractivity contribution is 0.501. The van der Waals surface area contributed by atoms with Crippen LogP contribution in [0.25, 0.3) is 33.8 Å². The molecule has 2 heterocycles. The molecule has 0 atom stereocenters. The molecule has 2 nitrogen and oxygen atoms in total. The molecule has 2 aromatic heterocycles. The van der Waals surface area contributed by atoms with Crippen molar-refractivity contribution in [2.45, 2.75) is 104 Å². The third-order valence-corrected chi connectivity index (χ3v) is 7.48. The Morgan fingerprint density at radius 1 is 0.447 bits per heavy atom. The van der Waals surface area contributed by atoms with E-state index in [0.717, 1.165) is 58.1 Å². The zero-order valence-corrected chi connectivity index (χ0v) is 23.6. The smallest absolute Gasteiger partial charge is 0.142 e. The number of rotatable bonds is 17. The van der Waals surface area contributed by atoms with Crippen LogP contribution in [0.1, 0.15) is 102 Å². The molecule has 0 unspecified atom stereocenters. The Balaban J connectivity index is 1.61. The Morgan fingerprint density at radius 2 is 0.816 bits per heavy atom. The van der Waals surface area contributed by atoms with Crippen molar-refractivity contribution < 1.29 is 8.83 Å². The fraction of sp³-hybridized carbons (Fsp3) is 0.444. The summed E-state index contributed by atoms with van der Waals surface area (Å²) in [7, 11) is 0. The van der Waals surface area contributed by atoms with E-state index in [1.54, 1.807) is 0 Å². The molecule has 0 aliphatic heterocycles. The van der Waals surface area contributed by atoms with Gasteiger partial charge in [0, 0.05) is 35.1 Å². The molecule has 0 bridgehead atoms. The average Bonchev–Trinajstić information content (AvgIpc) is 3.58. The van der Waals surface area contributed by atoms with Crippen LogP contribution < -0.4 is 0 Å². The fourth-order valence-corrected chi connectivity index (χ4v) is 5.30. The number of benzene rings is 2. The predicted octanol–water partition coefficient (Wildman–Crippen LogP) is 11.7. The van der Waals surface area contributed by atoms with Crippen molar-refractivity contribution in [3.05, 3.63) is 84.3 Å². The molecule has 0 radical (unpaired) electrons.